The minimum absolute atomic E-state index is 0.0474. The van der Waals surface area contributed by atoms with Gasteiger partial charge in [-0.3, -0.25) is 0 Å². The highest BCUT2D eigenvalue weighted by Gasteiger charge is 2.48. The highest BCUT2D eigenvalue weighted by atomic mass is 28.4. The van der Waals surface area contributed by atoms with Crippen molar-refractivity contribution < 1.29 is 4.43 Å². The number of fused-ring (bicyclic) bond motifs is 4. The van der Waals surface area contributed by atoms with E-state index >= 15 is 0 Å². The van der Waals surface area contributed by atoms with Gasteiger partial charge in [0.2, 0.25) is 0 Å². The third kappa shape index (κ3) is 35.9. The summed E-state index contributed by atoms with van der Waals surface area (Å²) in [7, 11) is -1.31. The molecular formula is C124H164N2OSi. The number of H-pyrrole nitrogens is 2. The summed E-state index contributed by atoms with van der Waals surface area (Å²) in [6, 6.07) is 95.5. The van der Waals surface area contributed by atoms with Crippen molar-refractivity contribution in [1.29, 1.82) is 0 Å². The number of benzene rings is 11. The zero-order chi connectivity index (χ0) is 93.5. The second-order valence-corrected chi connectivity index (χ2v) is 45.6. The molecule has 3 nitrogen and oxygen atoms in total. The lowest BCUT2D eigenvalue weighted by Gasteiger charge is -2.31. The van der Waals surface area contributed by atoms with Crippen molar-refractivity contribution in [1.82, 2.24) is 9.97 Å². The summed E-state index contributed by atoms with van der Waals surface area (Å²) in [4.78, 5) is 6.21. The minimum Gasteiger partial charge on any atom is -0.413 e. The molecule has 4 heteroatoms. The van der Waals surface area contributed by atoms with Gasteiger partial charge in [-0.05, 0) is 413 Å². The maximum absolute atomic E-state index is 5.91. The van der Waals surface area contributed by atoms with Crippen molar-refractivity contribution in [2.45, 2.75) is 295 Å². The molecule has 0 aliphatic heterocycles. The van der Waals surface area contributed by atoms with Gasteiger partial charge in [0.25, 0.3) is 0 Å². The van der Waals surface area contributed by atoms with Gasteiger partial charge in [-0.25, -0.2) is 0 Å². The number of hydrogen-bond donors (Lipinski definition) is 2. The Morgan fingerprint density at radius 1 is 0.320 bits per heavy atom. The molecule has 4 aliphatic carbocycles. The minimum atomic E-state index is -1.31. The van der Waals surface area contributed by atoms with Crippen LogP contribution in [0.1, 0.15) is 274 Å². The van der Waals surface area contributed by atoms with Crippen molar-refractivity contribution in [2.24, 2.45) is 34.5 Å². The molecule has 0 radical (unpaired) electrons. The number of nitrogens with one attached hydrogen (secondary N) is 2. The maximum atomic E-state index is 5.91. The topological polar surface area (TPSA) is 40.8 Å². The van der Waals surface area contributed by atoms with Gasteiger partial charge in [0.1, 0.15) is 0 Å². The SMILES string of the molecule is CC12CCC(C)(CC1)C2.CC1C2CCC(C2)C1C.CC[Si](C)(C)OC(C)(C)C.Cc1c(C)c(C)c(C)c(C)c1C.Cc1cc[nH]c1C.Cc1ccc(C)[nH]1.Cc1ccc(Cc2ccc(C)cc2)cc1.Cc1ccc(Cc2ccc(Cc3ccc(Cc4ccc(C)cc4)cc3)cc2)cc1.Cc1ccc(Cc2cccc(C)c2)cc1.Cc1cccc(Cc2cccc(C)c2)c1. The molecule has 680 valence electrons. The van der Waals surface area contributed by atoms with E-state index in [9.17, 15) is 0 Å². The average molecular weight is 1730 g/mol. The van der Waals surface area contributed by atoms with Crippen LogP contribution in [0, 0.1) is 159 Å². The van der Waals surface area contributed by atoms with E-state index in [0.717, 1.165) is 73.0 Å². The van der Waals surface area contributed by atoms with Crippen LogP contribution in [0.25, 0.3) is 0 Å². The van der Waals surface area contributed by atoms with Crippen LogP contribution in [0.15, 0.2) is 267 Å². The third-order valence-corrected chi connectivity index (χ3v) is 30.6. The summed E-state index contributed by atoms with van der Waals surface area (Å²) in [5, 5.41) is 0. The first-order chi connectivity index (χ1) is 60.6. The van der Waals surface area contributed by atoms with Crippen LogP contribution in [0.3, 0.4) is 0 Å². The molecule has 0 saturated heterocycles. The highest BCUT2D eigenvalue weighted by Crippen LogP contribution is 2.61. The first kappa shape index (κ1) is 104. The molecule has 13 aromatic rings. The third-order valence-electron chi connectivity index (χ3n) is 27.7. The van der Waals surface area contributed by atoms with E-state index < -0.39 is 8.32 Å². The van der Waals surface area contributed by atoms with Gasteiger partial charge in [0.05, 0.1) is 0 Å². The van der Waals surface area contributed by atoms with E-state index in [1.165, 1.54) is 218 Å². The Balaban J connectivity index is 0.000000182. The zero-order valence-electron chi connectivity index (χ0n) is 84.7. The summed E-state index contributed by atoms with van der Waals surface area (Å²) < 4.78 is 5.91. The van der Waals surface area contributed by atoms with Crippen LogP contribution in [-0.4, -0.2) is 23.9 Å². The first-order valence-electron chi connectivity index (χ1n) is 48.2. The van der Waals surface area contributed by atoms with Gasteiger partial charge in [0, 0.05) is 28.9 Å². The Labute approximate surface area is 780 Å². The average Bonchev–Trinajstić information content (AvgIpc) is 1.61. The van der Waals surface area contributed by atoms with Crippen LogP contribution in [0.4, 0.5) is 0 Å². The first-order valence-corrected chi connectivity index (χ1v) is 51.3. The summed E-state index contributed by atoms with van der Waals surface area (Å²) >= 11 is 0. The summed E-state index contributed by atoms with van der Waals surface area (Å²) in [5.41, 5.74) is 42.5. The molecule has 17 rings (SSSR count). The normalized spacial score (nSPS) is 17.1. The number of rotatable bonds is 14. The van der Waals surface area contributed by atoms with Gasteiger partial charge in [-0.2, -0.15) is 0 Å². The van der Waals surface area contributed by atoms with E-state index in [1.54, 1.807) is 6.42 Å². The molecule has 11 aromatic carbocycles. The predicted octanol–water partition coefficient (Wildman–Crippen LogP) is 34.3. The molecule has 4 atom stereocenters. The Bertz CT molecular complexity index is 5070. The molecule has 128 heavy (non-hydrogen) atoms. The smallest absolute Gasteiger partial charge is 0.187 e. The lowest BCUT2D eigenvalue weighted by molar-refractivity contribution is 0.120. The molecule has 2 N–H and O–H groups in total. The van der Waals surface area contributed by atoms with Crippen molar-refractivity contribution >= 4 is 8.32 Å². The van der Waals surface area contributed by atoms with Crippen LogP contribution in [-0.2, 0) is 43.0 Å². The van der Waals surface area contributed by atoms with Crippen molar-refractivity contribution in [3.05, 3.63) is 434 Å². The standard InChI is InChI=1S/C29H28.3C15H16.C12H18.2C9H16.C8H20OSi.2C6H9N/c1-22-3-7-24(8-4-22)19-26-11-15-28(16-12-26)21-29-17-13-27(14-18-29)20-25-9-5-23(2)6-10-25;1-12-3-7-14(8-4-12)11-15-9-5-13(2)6-10-15;1-12-5-3-7-14(9-12)11-15-8-4-6-13(2)10-15;1-12-6-8-14(9-7-12)11-15-5-3-4-13(2)10-15;1-7-8(2)10(4)12(6)11(5)9(7)3;1-8-3-5-9(2,7-8)6-4-8;1-6-7(2)9-4-3-8(6)5-9;1-7-10(5,6)9-8(2,3)4;1-5-3-4-7-6(5)2;1-5-3-4-6(2)7-5/h3-18H,19-21H2,1-2H3;3*3-10H,11H2,1-2H3;1-6H3;3-7H2,1-2H3;6-9H,3-5H2,1-2H3;7H2,1-6H3;2*3-4,7H,1-2H3. The van der Waals surface area contributed by atoms with Gasteiger partial charge < -0.3 is 14.4 Å². The molecule has 0 spiro atoms. The Hall–Kier alpha value is -9.84. The number of aromatic amines is 2. The molecule has 2 heterocycles. The Morgan fingerprint density at radius 3 is 0.719 bits per heavy atom. The van der Waals surface area contributed by atoms with Crippen LogP contribution < -0.4 is 0 Å². The van der Waals surface area contributed by atoms with E-state index in [1.807, 2.05) is 20.0 Å². The van der Waals surface area contributed by atoms with Crippen LogP contribution in [0.5, 0.6) is 0 Å². The van der Waals surface area contributed by atoms with Gasteiger partial charge in [-0.15, -0.1) is 0 Å². The van der Waals surface area contributed by atoms with E-state index in [4.69, 9.17) is 4.43 Å². The fourth-order valence-electron chi connectivity index (χ4n) is 18.4. The number of hydrogen-bond acceptors (Lipinski definition) is 1. The van der Waals surface area contributed by atoms with Crippen molar-refractivity contribution in [2.75, 3.05) is 0 Å². The molecule has 4 aliphatic rings. The van der Waals surface area contributed by atoms with E-state index in [0.29, 0.717) is 0 Å². The molecule has 4 unspecified atom stereocenters. The predicted molar refractivity (Wildman–Crippen MR) is 562 cm³/mol. The van der Waals surface area contributed by atoms with Crippen molar-refractivity contribution in [3.63, 3.8) is 0 Å². The maximum Gasteiger partial charge on any atom is 0.187 e. The monoisotopic (exact) mass is 1730 g/mol. The van der Waals surface area contributed by atoms with Crippen LogP contribution >= 0.6 is 0 Å². The van der Waals surface area contributed by atoms with Gasteiger partial charge >= 0.3 is 0 Å². The molecule has 0 amide bonds. The molecule has 4 bridgehead atoms. The zero-order valence-corrected chi connectivity index (χ0v) is 85.7. The Morgan fingerprint density at radius 2 is 0.562 bits per heavy atom. The largest absolute Gasteiger partial charge is 0.413 e. The van der Waals surface area contributed by atoms with Gasteiger partial charge in [-0.1, -0.05) is 322 Å². The van der Waals surface area contributed by atoms with Crippen molar-refractivity contribution in [3.8, 4) is 0 Å². The second kappa shape index (κ2) is 49.8. The number of aryl methyl sites for hydroxylation is 12. The second-order valence-electron chi connectivity index (χ2n) is 41.1. The quantitative estimate of drug-likeness (QED) is 0.105. The fourth-order valence-corrected chi connectivity index (χ4v) is 20.2. The lowest BCUT2D eigenvalue weighted by Crippen LogP contribution is -2.38. The fraction of sp³-hybridized carbons (Fsp3) is 0.403. The summed E-state index contributed by atoms with van der Waals surface area (Å²) in [6.45, 7) is 61.5. The summed E-state index contributed by atoms with van der Waals surface area (Å²) in [5.74, 6) is 4.32. The van der Waals surface area contributed by atoms with E-state index in [2.05, 4.69) is 450 Å². The van der Waals surface area contributed by atoms with E-state index in [-0.39, 0.29) is 5.60 Å². The summed E-state index contributed by atoms with van der Waals surface area (Å²) in [6.07, 6.45) is 20.2. The molecule has 4 fully saturated rings. The van der Waals surface area contributed by atoms with Gasteiger partial charge in [0.15, 0.2) is 8.32 Å². The molecular weight excluding hydrogens is 1560 g/mol. The Kier molecular flexibility index (Phi) is 40.3. The lowest BCUT2D eigenvalue weighted by atomic mass is 9.82. The molecule has 2 aromatic heterocycles. The number of aromatic nitrogens is 2. The highest BCUT2D eigenvalue weighted by molar-refractivity contribution is 6.71. The molecule has 4 saturated carbocycles. The van der Waals surface area contributed by atoms with Crippen LogP contribution in [0.2, 0.25) is 19.1 Å².